The second-order valence-corrected chi connectivity index (χ2v) is 3.83. The highest BCUT2D eigenvalue weighted by Crippen LogP contribution is 2.12. The first kappa shape index (κ1) is 13.5. The maximum atomic E-state index is 11.5. The van der Waals surface area contributed by atoms with E-state index in [1.807, 2.05) is 31.2 Å². The third kappa shape index (κ3) is 4.44. The lowest BCUT2D eigenvalue weighted by Crippen LogP contribution is -2.34. The minimum absolute atomic E-state index is 0.345. The molecule has 0 radical (unpaired) electrons. The molecule has 1 aromatic carbocycles. The summed E-state index contributed by atoms with van der Waals surface area (Å²) in [6.07, 6.45) is 1.29. The van der Waals surface area contributed by atoms with E-state index in [4.69, 9.17) is 15.2 Å². The van der Waals surface area contributed by atoms with Crippen LogP contribution < -0.4 is 10.5 Å². The average Bonchev–Trinajstić information content (AvgIpc) is 2.36. The molecule has 0 aliphatic rings. The van der Waals surface area contributed by atoms with Gasteiger partial charge in [0.05, 0.1) is 13.7 Å². The zero-order valence-corrected chi connectivity index (χ0v) is 10.3. The number of hydrogen-bond donors (Lipinski definition) is 1. The van der Waals surface area contributed by atoms with Crippen LogP contribution in [-0.2, 0) is 16.0 Å². The van der Waals surface area contributed by atoms with E-state index in [0.29, 0.717) is 13.0 Å². The number of rotatable bonds is 6. The monoisotopic (exact) mass is 237 g/mol. The Morgan fingerprint density at radius 1 is 1.35 bits per heavy atom. The van der Waals surface area contributed by atoms with Gasteiger partial charge in [-0.25, -0.2) is 0 Å². The summed E-state index contributed by atoms with van der Waals surface area (Å²) in [5.74, 6) is 0.443. The molecule has 1 atom stereocenters. The summed E-state index contributed by atoms with van der Waals surface area (Å²) in [6.45, 7) is 2.37. The minimum atomic E-state index is -0.602. The van der Waals surface area contributed by atoms with Crippen molar-refractivity contribution in [1.82, 2.24) is 0 Å². The molecular formula is C13H19NO3. The number of hydrogen-bond acceptors (Lipinski definition) is 4. The Bertz CT molecular complexity index is 348. The predicted octanol–water partition coefficient (Wildman–Crippen LogP) is 1.52. The zero-order valence-electron chi connectivity index (χ0n) is 10.3. The Balaban J connectivity index is 2.49. The fourth-order valence-corrected chi connectivity index (χ4v) is 1.41. The molecule has 0 saturated carbocycles. The number of benzene rings is 1. The molecule has 1 rings (SSSR count). The van der Waals surface area contributed by atoms with Gasteiger partial charge in [0.15, 0.2) is 0 Å². The molecule has 17 heavy (non-hydrogen) atoms. The fraction of sp³-hybridized carbons (Fsp3) is 0.462. The molecule has 0 fully saturated rings. The van der Waals surface area contributed by atoms with Crippen LogP contribution in [0.2, 0.25) is 0 Å². The lowest BCUT2D eigenvalue weighted by molar-refractivity contribution is -0.145. The van der Waals surface area contributed by atoms with Gasteiger partial charge >= 0.3 is 5.97 Å². The van der Waals surface area contributed by atoms with Crippen LogP contribution in [0.15, 0.2) is 24.3 Å². The highest BCUT2D eigenvalue weighted by atomic mass is 16.5. The molecule has 0 aromatic heterocycles. The summed E-state index contributed by atoms with van der Waals surface area (Å²) in [6, 6.07) is 6.88. The van der Waals surface area contributed by atoms with Crippen LogP contribution in [0.4, 0.5) is 0 Å². The number of ether oxygens (including phenoxy) is 2. The fourth-order valence-electron chi connectivity index (χ4n) is 1.41. The van der Waals surface area contributed by atoms with E-state index in [1.165, 1.54) is 0 Å². The molecule has 1 aromatic rings. The molecule has 4 heteroatoms. The second-order valence-electron chi connectivity index (χ2n) is 3.83. The standard InChI is InChI=1S/C13H19NO3/c1-3-8-17-13(15)12(14)9-10-4-6-11(16-2)7-5-10/h4-7,12H,3,8-9,14H2,1-2H3. The molecule has 0 bridgehead atoms. The van der Waals surface area contributed by atoms with Crippen LogP contribution in [0.25, 0.3) is 0 Å². The maximum Gasteiger partial charge on any atom is 0.323 e. The molecule has 0 aliphatic carbocycles. The van der Waals surface area contributed by atoms with Crippen molar-refractivity contribution in [1.29, 1.82) is 0 Å². The molecule has 2 N–H and O–H groups in total. The van der Waals surface area contributed by atoms with Crippen LogP contribution in [0, 0.1) is 0 Å². The van der Waals surface area contributed by atoms with Crippen molar-refractivity contribution >= 4 is 5.97 Å². The molecule has 0 heterocycles. The zero-order chi connectivity index (χ0) is 12.7. The summed E-state index contributed by atoms with van der Waals surface area (Å²) in [5.41, 5.74) is 6.75. The van der Waals surface area contributed by atoms with Crippen molar-refractivity contribution in [3.8, 4) is 5.75 Å². The first-order chi connectivity index (χ1) is 8.17. The van der Waals surface area contributed by atoms with E-state index < -0.39 is 6.04 Å². The molecule has 0 spiro atoms. The van der Waals surface area contributed by atoms with Crippen LogP contribution in [0.3, 0.4) is 0 Å². The average molecular weight is 237 g/mol. The van der Waals surface area contributed by atoms with E-state index >= 15 is 0 Å². The summed E-state index contributed by atoms with van der Waals surface area (Å²) < 4.78 is 10.0. The summed E-state index contributed by atoms with van der Waals surface area (Å²) >= 11 is 0. The lowest BCUT2D eigenvalue weighted by Gasteiger charge is -2.11. The molecular weight excluding hydrogens is 218 g/mol. The Morgan fingerprint density at radius 2 is 2.00 bits per heavy atom. The molecule has 4 nitrogen and oxygen atoms in total. The van der Waals surface area contributed by atoms with E-state index in [2.05, 4.69) is 0 Å². The van der Waals surface area contributed by atoms with Crippen LogP contribution >= 0.6 is 0 Å². The molecule has 0 amide bonds. The van der Waals surface area contributed by atoms with Crippen molar-refractivity contribution in [2.45, 2.75) is 25.8 Å². The molecule has 94 valence electrons. The van der Waals surface area contributed by atoms with Crippen molar-refractivity contribution in [2.24, 2.45) is 5.73 Å². The summed E-state index contributed by atoms with van der Waals surface area (Å²) in [4.78, 5) is 11.5. The summed E-state index contributed by atoms with van der Waals surface area (Å²) in [7, 11) is 1.61. The third-order valence-corrected chi connectivity index (χ3v) is 2.37. The highest BCUT2D eigenvalue weighted by molar-refractivity contribution is 5.75. The normalized spacial score (nSPS) is 11.9. The third-order valence-electron chi connectivity index (χ3n) is 2.37. The van der Waals surface area contributed by atoms with Gasteiger partial charge in [-0.05, 0) is 30.5 Å². The van der Waals surface area contributed by atoms with Gasteiger partial charge in [0.2, 0.25) is 0 Å². The van der Waals surface area contributed by atoms with Gasteiger partial charge in [0.1, 0.15) is 11.8 Å². The number of nitrogens with two attached hydrogens (primary N) is 1. The van der Waals surface area contributed by atoms with E-state index in [9.17, 15) is 4.79 Å². The Kier molecular flexibility index (Phi) is 5.49. The van der Waals surface area contributed by atoms with Crippen molar-refractivity contribution in [3.63, 3.8) is 0 Å². The Morgan fingerprint density at radius 3 is 2.53 bits per heavy atom. The molecule has 0 aliphatic heterocycles. The van der Waals surface area contributed by atoms with Gasteiger partial charge < -0.3 is 15.2 Å². The van der Waals surface area contributed by atoms with Gasteiger partial charge in [0.25, 0.3) is 0 Å². The van der Waals surface area contributed by atoms with E-state index in [1.54, 1.807) is 7.11 Å². The van der Waals surface area contributed by atoms with Gasteiger partial charge in [-0.2, -0.15) is 0 Å². The lowest BCUT2D eigenvalue weighted by atomic mass is 10.1. The van der Waals surface area contributed by atoms with Crippen molar-refractivity contribution < 1.29 is 14.3 Å². The minimum Gasteiger partial charge on any atom is -0.497 e. The second kappa shape index (κ2) is 6.91. The molecule has 0 saturated heterocycles. The number of methoxy groups -OCH3 is 1. The topological polar surface area (TPSA) is 61.5 Å². The number of carbonyl (C=O) groups excluding carboxylic acids is 1. The van der Waals surface area contributed by atoms with Crippen molar-refractivity contribution in [2.75, 3.05) is 13.7 Å². The van der Waals surface area contributed by atoms with E-state index in [-0.39, 0.29) is 5.97 Å². The summed E-state index contributed by atoms with van der Waals surface area (Å²) in [5, 5.41) is 0. The maximum absolute atomic E-state index is 11.5. The van der Waals surface area contributed by atoms with Gasteiger partial charge in [-0.1, -0.05) is 19.1 Å². The Hall–Kier alpha value is -1.55. The van der Waals surface area contributed by atoms with Crippen LogP contribution in [0.1, 0.15) is 18.9 Å². The van der Waals surface area contributed by atoms with Crippen LogP contribution in [0.5, 0.6) is 5.75 Å². The first-order valence-corrected chi connectivity index (χ1v) is 5.72. The Labute approximate surface area is 102 Å². The first-order valence-electron chi connectivity index (χ1n) is 5.72. The van der Waals surface area contributed by atoms with Crippen molar-refractivity contribution in [3.05, 3.63) is 29.8 Å². The quantitative estimate of drug-likeness (QED) is 0.762. The largest absolute Gasteiger partial charge is 0.497 e. The van der Waals surface area contributed by atoms with Gasteiger partial charge in [-0.15, -0.1) is 0 Å². The highest BCUT2D eigenvalue weighted by Gasteiger charge is 2.15. The molecule has 1 unspecified atom stereocenters. The van der Waals surface area contributed by atoms with Gasteiger partial charge in [0, 0.05) is 0 Å². The number of esters is 1. The van der Waals surface area contributed by atoms with Crippen LogP contribution in [-0.4, -0.2) is 25.7 Å². The van der Waals surface area contributed by atoms with E-state index in [0.717, 1.165) is 17.7 Å². The predicted molar refractivity (Wildman–Crippen MR) is 65.9 cm³/mol. The van der Waals surface area contributed by atoms with Gasteiger partial charge in [-0.3, -0.25) is 4.79 Å². The number of carbonyl (C=O) groups is 1. The smallest absolute Gasteiger partial charge is 0.323 e. The SMILES string of the molecule is CCCOC(=O)C(N)Cc1ccc(OC)cc1.